The molecule has 3 heteroatoms. The van der Waals surface area contributed by atoms with Crippen LogP contribution in [0.15, 0.2) is 24.3 Å². The summed E-state index contributed by atoms with van der Waals surface area (Å²) >= 11 is 0. The lowest BCUT2D eigenvalue weighted by Gasteiger charge is -2.33. The van der Waals surface area contributed by atoms with Gasteiger partial charge in [0, 0.05) is 24.8 Å². The van der Waals surface area contributed by atoms with Crippen LogP contribution in [0.5, 0.6) is 0 Å². The second-order valence-electron chi connectivity index (χ2n) is 4.79. The Morgan fingerprint density at radius 2 is 2.00 bits per heavy atom. The van der Waals surface area contributed by atoms with Gasteiger partial charge >= 0.3 is 0 Å². The molecule has 1 heterocycles. The number of hydrogen-bond donors (Lipinski definition) is 2. The van der Waals surface area contributed by atoms with Gasteiger partial charge < -0.3 is 15.7 Å². The molecule has 0 radical (unpaired) electrons. The summed E-state index contributed by atoms with van der Waals surface area (Å²) < 4.78 is 0. The highest BCUT2D eigenvalue weighted by Crippen LogP contribution is 2.28. The van der Waals surface area contributed by atoms with Crippen molar-refractivity contribution in [2.24, 2.45) is 5.73 Å². The summed E-state index contributed by atoms with van der Waals surface area (Å²) in [5.41, 5.74) is 8.63. The quantitative estimate of drug-likeness (QED) is 0.841. The van der Waals surface area contributed by atoms with Crippen molar-refractivity contribution in [2.45, 2.75) is 38.3 Å². The number of anilines is 1. The van der Waals surface area contributed by atoms with E-state index in [0.29, 0.717) is 0 Å². The first-order chi connectivity index (χ1) is 8.22. The second kappa shape index (κ2) is 5.52. The Kier molecular flexibility index (Phi) is 4.02. The number of nitrogens with two attached hydrogens (primary N) is 1. The van der Waals surface area contributed by atoms with E-state index in [2.05, 4.69) is 30.0 Å². The average molecular weight is 234 g/mol. The topological polar surface area (TPSA) is 49.5 Å². The minimum atomic E-state index is -0.127. The monoisotopic (exact) mass is 234 g/mol. The Bertz CT molecular complexity index is 359. The molecule has 0 spiro atoms. The summed E-state index contributed by atoms with van der Waals surface area (Å²) in [5, 5.41) is 9.55. The SMILES string of the molecule is CC[C@@H](N)c1ccccc1N1CCC(O)CC1. The van der Waals surface area contributed by atoms with E-state index in [-0.39, 0.29) is 12.1 Å². The molecule has 2 rings (SSSR count). The first-order valence-electron chi connectivity index (χ1n) is 6.50. The zero-order valence-electron chi connectivity index (χ0n) is 10.5. The summed E-state index contributed by atoms with van der Waals surface area (Å²) in [7, 11) is 0. The van der Waals surface area contributed by atoms with Gasteiger partial charge in [0.1, 0.15) is 0 Å². The van der Waals surface area contributed by atoms with Gasteiger partial charge in [-0.3, -0.25) is 0 Å². The van der Waals surface area contributed by atoms with Crippen molar-refractivity contribution in [1.29, 1.82) is 0 Å². The fourth-order valence-electron chi connectivity index (χ4n) is 2.42. The van der Waals surface area contributed by atoms with Crippen molar-refractivity contribution < 1.29 is 5.11 Å². The Morgan fingerprint density at radius 1 is 1.35 bits per heavy atom. The first kappa shape index (κ1) is 12.4. The molecule has 1 fully saturated rings. The van der Waals surface area contributed by atoms with Gasteiger partial charge in [0.25, 0.3) is 0 Å². The van der Waals surface area contributed by atoms with Gasteiger partial charge in [-0.1, -0.05) is 25.1 Å². The maximum atomic E-state index is 9.55. The maximum Gasteiger partial charge on any atom is 0.0574 e. The Hall–Kier alpha value is -1.06. The highest BCUT2D eigenvalue weighted by Gasteiger charge is 2.20. The van der Waals surface area contributed by atoms with Crippen LogP contribution in [0.25, 0.3) is 0 Å². The molecular formula is C14H22N2O. The minimum absolute atomic E-state index is 0.109. The Labute approximate surface area is 103 Å². The molecular weight excluding hydrogens is 212 g/mol. The lowest BCUT2D eigenvalue weighted by Crippen LogP contribution is -2.36. The Morgan fingerprint density at radius 3 is 2.65 bits per heavy atom. The molecule has 0 aromatic heterocycles. The van der Waals surface area contributed by atoms with Gasteiger partial charge in [-0.15, -0.1) is 0 Å². The summed E-state index contributed by atoms with van der Waals surface area (Å²) in [6.45, 7) is 3.96. The average Bonchev–Trinajstić information content (AvgIpc) is 2.39. The second-order valence-corrected chi connectivity index (χ2v) is 4.79. The fourth-order valence-corrected chi connectivity index (χ4v) is 2.42. The van der Waals surface area contributed by atoms with Gasteiger partial charge in [0.05, 0.1) is 6.10 Å². The van der Waals surface area contributed by atoms with Crippen LogP contribution < -0.4 is 10.6 Å². The number of hydrogen-bond acceptors (Lipinski definition) is 3. The van der Waals surface area contributed by atoms with E-state index in [1.165, 1.54) is 11.3 Å². The van der Waals surface area contributed by atoms with Crippen molar-refractivity contribution in [1.82, 2.24) is 0 Å². The molecule has 1 saturated heterocycles. The number of nitrogens with zero attached hydrogens (tertiary/aromatic N) is 1. The van der Waals surface area contributed by atoms with Crippen LogP contribution >= 0.6 is 0 Å². The molecule has 17 heavy (non-hydrogen) atoms. The van der Waals surface area contributed by atoms with E-state index in [9.17, 15) is 5.11 Å². The number of para-hydroxylation sites is 1. The lowest BCUT2D eigenvalue weighted by molar-refractivity contribution is 0.145. The third kappa shape index (κ3) is 2.79. The summed E-state index contributed by atoms with van der Waals surface area (Å²) in [6.07, 6.45) is 2.54. The van der Waals surface area contributed by atoms with Crippen molar-refractivity contribution in [3.8, 4) is 0 Å². The van der Waals surface area contributed by atoms with Crippen LogP contribution in [0, 0.1) is 0 Å². The van der Waals surface area contributed by atoms with Crippen LogP contribution in [0.1, 0.15) is 37.8 Å². The molecule has 0 unspecified atom stereocenters. The van der Waals surface area contributed by atoms with Gasteiger partial charge in [-0.05, 0) is 30.9 Å². The van der Waals surface area contributed by atoms with Crippen LogP contribution in [0.2, 0.25) is 0 Å². The molecule has 94 valence electrons. The number of benzene rings is 1. The minimum Gasteiger partial charge on any atom is -0.393 e. The van der Waals surface area contributed by atoms with Gasteiger partial charge in [-0.2, -0.15) is 0 Å². The number of rotatable bonds is 3. The van der Waals surface area contributed by atoms with Gasteiger partial charge in [-0.25, -0.2) is 0 Å². The van der Waals surface area contributed by atoms with Crippen molar-refractivity contribution >= 4 is 5.69 Å². The predicted octanol–water partition coefficient (Wildman–Crippen LogP) is 2.06. The van der Waals surface area contributed by atoms with Crippen LogP contribution in [0.4, 0.5) is 5.69 Å². The van der Waals surface area contributed by atoms with Crippen LogP contribution in [-0.2, 0) is 0 Å². The Balaban J connectivity index is 2.19. The van der Waals surface area contributed by atoms with Crippen molar-refractivity contribution in [3.05, 3.63) is 29.8 Å². The largest absolute Gasteiger partial charge is 0.393 e. The van der Waals surface area contributed by atoms with E-state index in [4.69, 9.17) is 5.73 Å². The highest BCUT2D eigenvalue weighted by atomic mass is 16.3. The molecule has 0 bridgehead atoms. The molecule has 1 aromatic carbocycles. The number of piperidine rings is 1. The normalized spacial score (nSPS) is 19.4. The zero-order valence-corrected chi connectivity index (χ0v) is 10.5. The van der Waals surface area contributed by atoms with E-state index in [1.54, 1.807) is 0 Å². The molecule has 3 N–H and O–H groups in total. The maximum absolute atomic E-state index is 9.55. The molecule has 3 nitrogen and oxygen atoms in total. The van der Waals surface area contributed by atoms with Crippen molar-refractivity contribution in [3.63, 3.8) is 0 Å². The zero-order chi connectivity index (χ0) is 12.3. The number of aliphatic hydroxyl groups excluding tert-OH is 1. The smallest absolute Gasteiger partial charge is 0.0574 e. The molecule has 1 aromatic rings. The summed E-state index contributed by atoms with van der Waals surface area (Å²) in [4.78, 5) is 2.34. The van der Waals surface area contributed by atoms with Gasteiger partial charge in [0.15, 0.2) is 0 Å². The van der Waals surface area contributed by atoms with E-state index in [0.717, 1.165) is 32.4 Å². The number of aliphatic hydroxyl groups is 1. The van der Waals surface area contributed by atoms with Crippen LogP contribution in [-0.4, -0.2) is 24.3 Å². The first-order valence-corrected chi connectivity index (χ1v) is 6.50. The third-order valence-corrected chi connectivity index (χ3v) is 3.58. The standard InChI is InChI=1S/C14H22N2O/c1-2-13(15)12-5-3-4-6-14(12)16-9-7-11(17)8-10-16/h3-6,11,13,17H,2,7-10,15H2,1H3/t13-/m1/s1. The third-order valence-electron chi connectivity index (χ3n) is 3.58. The highest BCUT2D eigenvalue weighted by molar-refractivity contribution is 5.55. The van der Waals surface area contributed by atoms with E-state index in [1.807, 2.05) is 6.07 Å². The molecule has 1 aliphatic rings. The molecule has 1 aliphatic heterocycles. The molecule has 1 atom stereocenters. The molecule has 0 saturated carbocycles. The summed E-state index contributed by atoms with van der Waals surface area (Å²) in [5.74, 6) is 0. The van der Waals surface area contributed by atoms with E-state index < -0.39 is 0 Å². The van der Waals surface area contributed by atoms with E-state index >= 15 is 0 Å². The van der Waals surface area contributed by atoms with Crippen LogP contribution in [0.3, 0.4) is 0 Å². The lowest BCUT2D eigenvalue weighted by atomic mass is 10.00. The van der Waals surface area contributed by atoms with Gasteiger partial charge in [0.2, 0.25) is 0 Å². The fraction of sp³-hybridized carbons (Fsp3) is 0.571. The van der Waals surface area contributed by atoms with Crippen molar-refractivity contribution in [2.75, 3.05) is 18.0 Å². The molecule has 0 aliphatic carbocycles. The molecule has 0 amide bonds. The summed E-state index contributed by atoms with van der Waals surface area (Å²) in [6, 6.07) is 8.48. The predicted molar refractivity (Wildman–Crippen MR) is 71.1 cm³/mol.